The molecule has 7 heteroatoms. The van der Waals surface area contributed by atoms with Crippen molar-refractivity contribution in [3.05, 3.63) is 52.8 Å². The van der Waals surface area contributed by atoms with Crippen LogP contribution in [0.25, 0.3) is 11.1 Å². The van der Waals surface area contributed by atoms with Crippen LogP contribution in [0.5, 0.6) is 5.75 Å². The number of carboxylic acid groups (broad SMARTS) is 1. The third kappa shape index (κ3) is 4.12. The normalized spacial score (nSPS) is 17.4. The Kier molecular flexibility index (Phi) is 5.89. The Balaban J connectivity index is 1.94. The van der Waals surface area contributed by atoms with Gasteiger partial charge < -0.3 is 14.7 Å². The van der Waals surface area contributed by atoms with Crippen molar-refractivity contribution in [1.82, 2.24) is 4.90 Å². The predicted molar refractivity (Wildman–Crippen MR) is 104 cm³/mol. The third-order valence-electron chi connectivity index (χ3n) is 4.92. The fourth-order valence-electron chi connectivity index (χ4n) is 3.32. The number of hydrogen-bond donors (Lipinski definition) is 1. The van der Waals surface area contributed by atoms with Crippen LogP contribution in [0.2, 0.25) is 5.02 Å². The Bertz CT molecular complexity index is 917. The van der Waals surface area contributed by atoms with Crippen molar-refractivity contribution in [2.45, 2.75) is 38.8 Å². The summed E-state index contributed by atoms with van der Waals surface area (Å²) in [6.45, 7) is 3.98. The van der Waals surface area contributed by atoms with Gasteiger partial charge in [0.05, 0.1) is 5.56 Å². The summed E-state index contributed by atoms with van der Waals surface area (Å²) in [7, 11) is 0. The molecule has 0 aromatic heterocycles. The lowest BCUT2D eigenvalue weighted by Gasteiger charge is -2.22. The Morgan fingerprint density at radius 2 is 2.04 bits per heavy atom. The summed E-state index contributed by atoms with van der Waals surface area (Å²) >= 11 is 6.06. The van der Waals surface area contributed by atoms with E-state index in [9.17, 15) is 14.0 Å². The SMILES string of the molecule is CC(Oc1ccc(Cl)cc1-c1ccc(C(=O)N2CCC[C@@H]2C)c(F)c1)C(=O)O. The molecular weight excluding hydrogens is 385 g/mol. The van der Waals surface area contributed by atoms with Gasteiger partial charge in [-0.15, -0.1) is 0 Å². The van der Waals surface area contributed by atoms with E-state index in [0.29, 0.717) is 22.7 Å². The summed E-state index contributed by atoms with van der Waals surface area (Å²) in [5, 5.41) is 9.47. The quantitative estimate of drug-likeness (QED) is 0.788. The standard InChI is InChI=1S/C21H21ClFNO4/c1-12-4-3-9-24(12)20(25)16-7-5-14(10-18(16)23)17-11-15(22)6-8-19(17)28-13(2)21(26)27/h5-8,10-13H,3-4,9H2,1-2H3,(H,26,27)/t12-,13?/m0/s1. The van der Waals surface area contributed by atoms with E-state index in [1.807, 2.05) is 6.92 Å². The largest absolute Gasteiger partial charge is 0.479 e. The molecule has 5 nitrogen and oxygen atoms in total. The van der Waals surface area contributed by atoms with Gasteiger partial charge >= 0.3 is 5.97 Å². The number of halogens is 2. The number of aliphatic carboxylic acids is 1. The van der Waals surface area contributed by atoms with Gasteiger partial charge in [-0.25, -0.2) is 9.18 Å². The van der Waals surface area contributed by atoms with Crippen LogP contribution in [0.1, 0.15) is 37.0 Å². The number of amides is 1. The van der Waals surface area contributed by atoms with Gasteiger partial charge in [0.2, 0.25) is 0 Å². The second-order valence-corrected chi connectivity index (χ2v) is 7.36. The van der Waals surface area contributed by atoms with Crippen LogP contribution >= 0.6 is 11.6 Å². The van der Waals surface area contributed by atoms with E-state index in [-0.39, 0.29) is 23.3 Å². The first kappa shape index (κ1) is 20.1. The Labute approximate surface area is 167 Å². The maximum absolute atomic E-state index is 14.8. The molecule has 1 heterocycles. The molecule has 0 spiro atoms. The minimum absolute atomic E-state index is 0.0147. The molecule has 0 saturated carbocycles. The average Bonchev–Trinajstić information content (AvgIpc) is 3.08. The molecule has 0 aliphatic carbocycles. The van der Waals surface area contributed by atoms with Crippen molar-refractivity contribution in [3.8, 4) is 16.9 Å². The maximum atomic E-state index is 14.8. The van der Waals surface area contributed by atoms with E-state index in [4.69, 9.17) is 21.4 Å². The number of nitrogens with zero attached hydrogens (tertiary/aromatic N) is 1. The molecule has 1 saturated heterocycles. The zero-order valence-electron chi connectivity index (χ0n) is 15.6. The maximum Gasteiger partial charge on any atom is 0.344 e. The van der Waals surface area contributed by atoms with E-state index in [1.165, 1.54) is 19.1 Å². The van der Waals surface area contributed by atoms with Crippen LogP contribution in [-0.2, 0) is 4.79 Å². The number of rotatable bonds is 5. The van der Waals surface area contributed by atoms with Crippen LogP contribution in [0.15, 0.2) is 36.4 Å². The highest BCUT2D eigenvalue weighted by Gasteiger charge is 2.28. The second kappa shape index (κ2) is 8.19. The van der Waals surface area contributed by atoms with Gasteiger partial charge in [-0.1, -0.05) is 17.7 Å². The zero-order valence-corrected chi connectivity index (χ0v) is 16.4. The highest BCUT2D eigenvalue weighted by atomic mass is 35.5. The van der Waals surface area contributed by atoms with Crippen molar-refractivity contribution in [1.29, 1.82) is 0 Å². The molecule has 1 N–H and O–H groups in total. The molecule has 1 aliphatic rings. The van der Waals surface area contributed by atoms with Gasteiger partial charge in [-0.05, 0) is 62.6 Å². The zero-order chi connectivity index (χ0) is 20.4. The molecule has 148 valence electrons. The van der Waals surface area contributed by atoms with E-state index in [0.717, 1.165) is 12.8 Å². The molecule has 0 bridgehead atoms. The van der Waals surface area contributed by atoms with Crippen LogP contribution in [0.3, 0.4) is 0 Å². The molecule has 1 fully saturated rings. The fourth-order valence-corrected chi connectivity index (χ4v) is 3.49. The van der Waals surface area contributed by atoms with Gasteiger partial charge in [-0.3, -0.25) is 4.79 Å². The molecule has 1 aliphatic heterocycles. The summed E-state index contributed by atoms with van der Waals surface area (Å²) in [6.07, 6.45) is 0.746. The Morgan fingerprint density at radius 1 is 1.29 bits per heavy atom. The summed E-state index contributed by atoms with van der Waals surface area (Å²) in [4.78, 5) is 25.4. The molecule has 1 amide bonds. The Morgan fingerprint density at radius 3 is 2.64 bits per heavy atom. The number of hydrogen-bond acceptors (Lipinski definition) is 3. The molecule has 3 rings (SSSR count). The van der Waals surface area contributed by atoms with E-state index in [1.54, 1.807) is 29.2 Å². The lowest BCUT2D eigenvalue weighted by atomic mass is 10.0. The molecule has 0 radical (unpaired) electrons. The summed E-state index contributed by atoms with van der Waals surface area (Å²) < 4.78 is 20.2. The van der Waals surface area contributed by atoms with Crippen molar-refractivity contribution in [2.24, 2.45) is 0 Å². The average molecular weight is 406 g/mol. The summed E-state index contributed by atoms with van der Waals surface area (Å²) in [5.74, 6) is -1.81. The highest BCUT2D eigenvalue weighted by Crippen LogP contribution is 2.34. The van der Waals surface area contributed by atoms with Crippen molar-refractivity contribution in [2.75, 3.05) is 6.54 Å². The van der Waals surface area contributed by atoms with Gasteiger partial charge in [0.1, 0.15) is 11.6 Å². The predicted octanol–water partition coefficient (Wildman–Crippen LogP) is 4.62. The molecule has 2 atom stereocenters. The van der Waals surface area contributed by atoms with Crippen molar-refractivity contribution < 1.29 is 23.8 Å². The van der Waals surface area contributed by atoms with Crippen LogP contribution < -0.4 is 4.74 Å². The number of benzene rings is 2. The summed E-state index contributed by atoms with van der Waals surface area (Å²) in [6, 6.07) is 9.09. The number of ether oxygens (including phenoxy) is 1. The highest BCUT2D eigenvalue weighted by molar-refractivity contribution is 6.31. The number of carboxylic acids is 1. The summed E-state index contributed by atoms with van der Waals surface area (Å²) in [5.41, 5.74) is 0.910. The lowest BCUT2D eigenvalue weighted by molar-refractivity contribution is -0.144. The van der Waals surface area contributed by atoms with Gasteiger partial charge in [0, 0.05) is 23.2 Å². The van der Waals surface area contributed by atoms with Crippen molar-refractivity contribution in [3.63, 3.8) is 0 Å². The second-order valence-electron chi connectivity index (χ2n) is 6.92. The molecule has 1 unspecified atom stereocenters. The smallest absolute Gasteiger partial charge is 0.344 e. The Hall–Kier alpha value is -2.60. The molecule has 2 aromatic carbocycles. The lowest BCUT2D eigenvalue weighted by Crippen LogP contribution is -2.34. The van der Waals surface area contributed by atoms with Crippen molar-refractivity contribution >= 4 is 23.5 Å². The van der Waals surface area contributed by atoms with Gasteiger partial charge in [0.15, 0.2) is 6.10 Å². The number of carbonyl (C=O) groups excluding carboxylic acids is 1. The number of carbonyl (C=O) groups is 2. The monoisotopic (exact) mass is 405 g/mol. The van der Waals surface area contributed by atoms with E-state index >= 15 is 0 Å². The molecule has 2 aromatic rings. The number of likely N-dealkylation sites (tertiary alicyclic amines) is 1. The molecular formula is C21H21ClFNO4. The van der Waals surface area contributed by atoms with Crippen LogP contribution in [-0.4, -0.2) is 40.6 Å². The minimum Gasteiger partial charge on any atom is -0.479 e. The molecule has 28 heavy (non-hydrogen) atoms. The minimum atomic E-state index is -1.12. The fraction of sp³-hybridized carbons (Fsp3) is 0.333. The first-order valence-corrected chi connectivity index (χ1v) is 9.45. The van der Waals surface area contributed by atoms with Crippen LogP contribution in [0.4, 0.5) is 4.39 Å². The first-order valence-electron chi connectivity index (χ1n) is 9.08. The topological polar surface area (TPSA) is 66.8 Å². The van der Waals surface area contributed by atoms with E-state index < -0.39 is 17.9 Å². The first-order chi connectivity index (χ1) is 13.3. The third-order valence-corrected chi connectivity index (χ3v) is 5.15. The van der Waals surface area contributed by atoms with E-state index in [2.05, 4.69) is 0 Å². The van der Waals surface area contributed by atoms with Crippen LogP contribution in [0, 0.1) is 5.82 Å². The van der Waals surface area contributed by atoms with Gasteiger partial charge in [-0.2, -0.15) is 0 Å². The van der Waals surface area contributed by atoms with Gasteiger partial charge in [0.25, 0.3) is 5.91 Å².